The molecule has 0 aliphatic carbocycles. The van der Waals surface area contributed by atoms with E-state index in [1.165, 1.54) is 7.11 Å². The van der Waals surface area contributed by atoms with Crippen LogP contribution in [0.5, 0.6) is 0 Å². The molecule has 0 fully saturated rings. The van der Waals surface area contributed by atoms with E-state index in [2.05, 4.69) is 0 Å². The standard InChI is InChI=1S/C21H20ClO2P/c1-24-21(23)17-25(22,18-11-5-2-6-12-18,19-13-7-3-8-14-19)20-15-9-4-10-16-20/h2-16H,17H2,1H3. The van der Waals surface area contributed by atoms with Crippen LogP contribution >= 0.6 is 17.2 Å². The van der Waals surface area contributed by atoms with E-state index in [-0.39, 0.29) is 12.1 Å². The van der Waals surface area contributed by atoms with E-state index in [0.29, 0.717) is 0 Å². The molecule has 0 aliphatic heterocycles. The zero-order chi connectivity index (χ0) is 17.8. The summed E-state index contributed by atoms with van der Waals surface area (Å²) in [7, 11) is 1.40. The molecule has 0 spiro atoms. The van der Waals surface area contributed by atoms with Gasteiger partial charge in [-0.1, -0.05) is 0 Å². The Morgan fingerprint density at radius 1 is 0.760 bits per heavy atom. The Balaban J connectivity index is 2.42. The first-order valence-electron chi connectivity index (χ1n) is 8.06. The maximum atomic E-state index is 12.5. The zero-order valence-electron chi connectivity index (χ0n) is 14.0. The van der Waals surface area contributed by atoms with Crippen LogP contribution in [0.4, 0.5) is 0 Å². The summed E-state index contributed by atoms with van der Waals surface area (Å²) >= 11 is 7.68. The molecule has 0 bridgehead atoms. The van der Waals surface area contributed by atoms with Gasteiger partial charge in [-0.3, -0.25) is 0 Å². The van der Waals surface area contributed by atoms with E-state index in [1.807, 2.05) is 91.0 Å². The molecule has 0 heterocycles. The van der Waals surface area contributed by atoms with Gasteiger partial charge in [-0.2, -0.15) is 0 Å². The number of rotatable bonds is 5. The van der Waals surface area contributed by atoms with Crippen LogP contribution in [0.15, 0.2) is 91.0 Å². The predicted octanol–water partition coefficient (Wildman–Crippen LogP) is 3.84. The molecule has 2 nitrogen and oxygen atoms in total. The molecule has 25 heavy (non-hydrogen) atoms. The molecule has 0 unspecified atom stereocenters. The maximum absolute atomic E-state index is 12.5. The van der Waals surface area contributed by atoms with Gasteiger partial charge in [-0.05, 0) is 0 Å². The molecular weight excluding hydrogens is 351 g/mol. The van der Waals surface area contributed by atoms with E-state index in [4.69, 9.17) is 16.0 Å². The van der Waals surface area contributed by atoms with Crippen molar-refractivity contribution in [1.82, 2.24) is 0 Å². The van der Waals surface area contributed by atoms with Gasteiger partial charge in [-0.15, -0.1) is 0 Å². The second-order valence-electron chi connectivity index (χ2n) is 5.92. The molecule has 3 aromatic carbocycles. The van der Waals surface area contributed by atoms with E-state index in [9.17, 15) is 4.79 Å². The van der Waals surface area contributed by atoms with Crippen molar-refractivity contribution >= 4 is 39.1 Å². The van der Waals surface area contributed by atoms with Crippen molar-refractivity contribution in [2.75, 3.05) is 13.3 Å². The van der Waals surface area contributed by atoms with E-state index < -0.39 is 5.96 Å². The Bertz CT molecular complexity index is 751. The molecule has 0 aromatic heterocycles. The fourth-order valence-corrected chi connectivity index (χ4v) is 8.99. The second kappa shape index (κ2) is 7.00. The summed E-state index contributed by atoms with van der Waals surface area (Å²) < 4.78 is 5.04. The van der Waals surface area contributed by atoms with E-state index in [0.717, 1.165) is 15.9 Å². The number of ether oxygens (including phenoxy) is 1. The topological polar surface area (TPSA) is 26.3 Å². The Morgan fingerprint density at radius 3 is 1.36 bits per heavy atom. The minimum absolute atomic E-state index is 0.113. The third-order valence-corrected chi connectivity index (χ3v) is 11.6. The van der Waals surface area contributed by atoms with Gasteiger partial charge in [0.05, 0.1) is 0 Å². The van der Waals surface area contributed by atoms with Crippen LogP contribution in [-0.2, 0) is 9.53 Å². The number of esters is 1. The molecule has 3 aromatic rings. The number of halogens is 1. The first kappa shape index (κ1) is 17.7. The number of benzene rings is 3. The molecule has 0 atom stereocenters. The Morgan fingerprint density at radius 2 is 1.08 bits per heavy atom. The van der Waals surface area contributed by atoms with Crippen molar-refractivity contribution in [1.29, 1.82) is 0 Å². The number of hydrogen-bond acceptors (Lipinski definition) is 2. The normalized spacial score (nSPS) is 12.8. The van der Waals surface area contributed by atoms with Crippen LogP contribution < -0.4 is 15.9 Å². The van der Waals surface area contributed by atoms with Gasteiger partial charge in [0.25, 0.3) is 0 Å². The molecule has 3 rings (SSSR count). The van der Waals surface area contributed by atoms with E-state index >= 15 is 0 Å². The van der Waals surface area contributed by atoms with Crippen molar-refractivity contribution in [2.45, 2.75) is 0 Å². The van der Waals surface area contributed by atoms with Crippen LogP contribution in [0.1, 0.15) is 0 Å². The first-order valence-corrected chi connectivity index (χ1v) is 11.4. The van der Waals surface area contributed by atoms with Crippen LogP contribution in [0.25, 0.3) is 0 Å². The third-order valence-electron chi connectivity index (χ3n) is 4.54. The molecule has 128 valence electrons. The molecule has 0 N–H and O–H groups in total. The fourth-order valence-electron chi connectivity index (χ4n) is 3.24. The van der Waals surface area contributed by atoms with Gasteiger partial charge in [0.15, 0.2) is 0 Å². The van der Waals surface area contributed by atoms with Crippen molar-refractivity contribution in [3.63, 3.8) is 0 Å². The second-order valence-corrected chi connectivity index (χ2v) is 12.4. The van der Waals surface area contributed by atoms with Crippen LogP contribution in [0, 0.1) is 0 Å². The summed E-state index contributed by atoms with van der Waals surface area (Å²) in [6.45, 7) is 0. The van der Waals surface area contributed by atoms with Crippen LogP contribution in [-0.4, -0.2) is 19.2 Å². The van der Waals surface area contributed by atoms with Crippen molar-refractivity contribution in [2.24, 2.45) is 0 Å². The van der Waals surface area contributed by atoms with Gasteiger partial charge < -0.3 is 0 Å². The van der Waals surface area contributed by atoms with Crippen molar-refractivity contribution in [3.8, 4) is 0 Å². The molecule has 0 saturated carbocycles. The molecule has 4 heteroatoms. The van der Waals surface area contributed by atoms with Crippen molar-refractivity contribution < 1.29 is 9.53 Å². The molecule has 0 amide bonds. The average molecular weight is 371 g/mol. The summed E-state index contributed by atoms with van der Waals surface area (Å²) in [5.74, 6) is -3.84. The summed E-state index contributed by atoms with van der Waals surface area (Å²) in [6.07, 6.45) is 0.113. The Kier molecular flexibility index (Phi) is 4.94. The monoisotopic (exact) mass is 370 g/mol. The van der Waals surface area contributed by atoms with Gasteiger partial charge in [0, 0.05) is 0 Å². The molecule has 0 radical (unpaired) electrons. The Labute approximate surface area is 153 Å². The van der Waals surface area contributed by atoms with Crippen molar-refractivity contribution in [3.05, 3.63) is 91.0 Å². The van der Waals surface area contributed by atoms with Gasteiger partial charge in [0.2, 0.25) is 0 Å². The summed E-state index contributed by atoms with van der Waals surface area (Å²) in [4.78, 5) is 12.5. The zero-order valence-corrected chi connectivity index (χ0v) is 15.7. The quantitative estimate of drug-likeness (QED) is 0.504. The van der Waals surface area contributed by atoms with Gasteiger partial charge in [-0.25, -0.2) is 0 Å². The van der Waals surface area contributed by atoms with E-state index in [1.54, 1.807) is 0 Å². The Hall–Kier alpha value is -2.15. The molecule has 0 aliphatic rings. The number of carbonyl (C=O) groups is 1. The van der Waals surface area contributed by atoms with Crippen LogP contribution in [0.2, 0.25) is 0 Å². The predicted molar refractivity (Wildman–Crippen MR) is 108 cm³/mol. The average Bonchev–Trinajstić information content (AvgIpc) is 2.70. The van der Waals surface area contributed by atoms with Gasteiger partial charge in [0.1, 0.15) is 0 Å². The van der Waals surface area contributed by atoms with Crippen LogP contribution in [0.3, 0.4) is 0 Å². The third kappa shape index (κ3) is 2.97. The minimum atomic E-state index is -3.52. The summed E-state index contributed by atoms with van der Waals surface area (Å²) in [5, 5.41) is 2.87. The molecular formula is C21H20ClO2P. The number of hydrogen-bond donors (Lipinski definition) is 0. The SMILES string of the molecule is COC(=O)CP(Cl)(c1ccccc1)(c1ccccc1)c1ccccc1. The van der Waals surface area contributed by atoms with Gasteiger partial charge >= 0.3 is 153 Å². The number of methoxy groups -OCH3 is 1. The first-order chi connectivity index (χ1) is 12.1. The number of carbonyl (C=O) groups excluding carboxylic acids is 1. The fraction of sp³-hybridized carbons (Fsp3) is 0.0952. The summed E-state index contributed by atoms with van der Waals surface area (Å²) in [6, 6.07) is 29.7. The molecule has 0 saturated heterocycles. The summed E-state index contributed by atoms with van der Waals surface area (Å²) in [5.41, 5.74) is 0.